The minimum Gasteiger partial charge on any atom is -0.508 e. The van der Waals surface area contributed by atoms with Gasteiger partial charge in [0.15, 0.2) is 11.5 Å². The van der Waals surface area contributed by atoms with Crippen LogP contribution in [0.1, 0.15) is 68.6 Å². The molecule has 0 saturated heterocycles. The number of aliphatic hydroxyl groups is 1. The summed E-state index contributed by atoms with van der Waals surface area (Å²) in [5.41, 5.74) is 1.73. The van der Waals surface area contributed by atoms with E-state index in [1.807, 2.05) is 39.0 Å². The molecular formula is C29H30O6. The summed E-state index contributed by atoms with van der Waals surface area (Å²) in [5.74, 6) is -4.58. The van der Waals surface area contributed by atoms with Gasteiger partial charge in [0.25, 0.3) is 0 Å². The highest BCUT2D eigenvalue weighted by atomic mass is 16.8. The van der Waals surface area contributed by atoms with Gasteiger partial charge in [-0.3, -0.25) is 4.79 Å². The number of carbonyl (C=O) groups excluding carboxylic acids is 1. The molecule has 3 aromatic carbocycles. The summed E-state index contributed by atoms with van der Waals surface area (Å²) in [4.78, 5) is 13.8. The standard InChI is InChI=1S/C29H30O6/c1-26(2,3)18-14-21(27(4,5)6)24-23(15-18)34-29(17-10-8-7-9-11-17)28(32,35-24)25(31)20-13-12-19(30)16-22(20)33-29/h7-16,30,32H,1-6H3/t28-,29-/m0/s1. The van der Waals surface area contributed by atoms with Crippen LogP contribution in [0.4, 0.5) is 0 Å². The summed E-state index contributed by atoms with van der Waals surface area (Å²) in [6.07, 6.45) is 0. The lowest BCUT2D eigenvalue weighted by atomic mass is 9.79. The van der Waals surface area contributed by atoms with E-state index in [2.05, 4.69) is 20.8 Å². The van der Waals surface area contributed by atoms with Crippen molar-refractivity contribution in [2.24, 2.45) is 0 Å². The highest BCUT2D eigenvalue weighted by Crippen LogP contribution is 2.56. The van der Waals surface area contributed by atoms with Crippen LogP contribution in [0.5, 0.6) is 23.0 Å². The molecule has 3 aromatic rings. The first kappa shape index (κ1) is 23.2. The fourth-order valence-electron chi connectivity index (χ4n) is 4.59. The maximum Gasteiger partial charge on any atom is 0.357 e. The molecular weight excluding hydrogens is 444 g/mol. The molecule has 0 fully saturated rings. The van der Waals surface area contributed by atoms with Crippen molar-refractivity contribution in [3.8, 4) is 23.0 Å². The van der Waals surface area contributed by atoms with Crippen LogP contribution < -0.4 is 14.2 Å². The Labute approximate surface area is 205 Å². The molecule has 2 aliphatic rings. The number of hydrogen-bond acceptors (Lipinski definition) is 6. The Morgan fingerprint density at radius 2 is 1.43 bits per heavy atom. The van der Waals surface area contributed by atoms with E-state index in [-0.39, 0.29) is 27.9 Å². The smallest absolute Gasteiger partial charge is 0.357 e. The summed E-state index contributed by atoms with van der Waals surface area (Å²) in [7, 11) is 0. The fraction of sp³-hybridized carbons (Fsp3) is 0.345. The number of fused-ring (bicyclic) bond motifs is 3. The van der Waals surface area contributed by atoms with Gasteiger partial charge < -0.3 is 24.4 Å². The summed E-state index contributed by atoms with van der Waals surface area (Å²) in [6, 6.07) is 16.8. The van der Waals surface area contributed by atoms with Crippen molar-refractivity contribution in [2.45, 2.75) is 63.9 Å². The predicted octanol–water partition coefficient (Wildman–Crippen LogP) is 5.58. The van der Waals surface area contributed by atoms with Gasteiger partial charge in [-0.15, -0.1) is 0 Å². The van der Waals surface area contributed by atoms with Gasteiger partial charge in [0.1, 0.15) is 11.5 Å². The topological polar surface area (TPSA) is 85.2 Å². The van der Waals surface area contributed by atoms with Gasteiger partial charge in [0.05, 0.1) is 5.56 Å². The van der Waals surface area contributed by atoms with Gasteiger partial charge in [-0.1, -0.05) is 77.9 Å². The Morgan fingerprint density at radius 3 is 2.06 bits per heavy atom. The van der Waals surface area contributed by atoms with E-state index in [0.717, 1.165) is 11.1 Å². The number of benzene rings is 3. The molecule has 0 radical (unpaired) electrons. The van der Waals surface area contributed by atoms with E-state index in [0.29, 0.717) is 17.1 Å². The molecule has 182 valence electrons. The van der Waals surface area contributed by atoms with E-state index in [9.17, 15) is 15.0 Å². The maximum atomic E-state index is 13.8. The van der Waals surface area contributed by atoms with Crippen LogP contribution >= 0.6 is 0 Å². The van der Waals surface area contributed by atoms with Crippen molar-refractivity contribution < 1.29 is 29.2 Å². The molecule has 2 atom stereocenters. The van der Waals surface area contributed by atoms with Crippen LogP contribution in [0, 0.1) is 0 Å². The van der Waals surface area contributed by atoms with Crippen molar-refractivity contribution in [1.82, 2.24) is 0 Å². The summed E-state index contributed by atoms with van der Waals surface area (Å²) < 4.78 is 19.1. The first-order chi connectivity index (χ1) is 16.3. The van der Waals surface area contributed by atoms with Crippen molar-refractivity contribution in [3.63, 3.8) is 0 Å². The number of ketones is 1. The minimum absolute atomic E-state index is 0.0765. The number of hydrogen-bond donors (Lipinski definition) is 2. The molecule has 2 heterocycles. The lowest BCUT2D eigenvalue weighted by Crippen LogP contribution is -2.70. The Hall–Kier alpha value is -3.51. The normalized spacial score (nSPS) is 23.2. The highest BCUT2D eigenvalue weighted by Gasteiger charge is 2.70. The van der Waals surface area contributed by atoms with Crippen molar-refractivity contribution in [3.05, 3.63) is 82.9 Å². The zero-order chi connectivity index (χ0) is 25.4. The molecule has 35 heavy (non-hydrogen) atoms. The largest absolute Gasteiger partial charge is 0.508 e. The quantitative estimate of drug-likeness (QED) is 0.479. The van der Waals surface area contributed by atoms with Crippen molar-refractivity contribution >= 4 is 5.78 Å². The van der Waals surface area contributed by atoms with Crippen molar-refractivity contribution in [2.75, 3.05) is 0 Å². The minimum atomic E-state index is -2.52. The molecule has 5 rings (SSSR count). The van der Waals surface area contributed by atoms with Gasteiger partial charge in [-0.25, -0.2) is 0 Å². The monoisotopic (exact) mass is 474 g/mol. The Morgan fingerprint density at radius 1 is 0.771 bits per heavy atom. The molecule has 0 saturated carbocycles. The average molecular weight is 475 g/mol. The van der Waals surface area contributed by atoms with Gasteiger partial charge in [0, 0.05) is 17.2 Å². The zero-order valence-electron chi connectivity index (χ0n) is 20.8. The van der Waals surface area contributed by atoms with E-state index >= 15 is 0 Å². The number of phenols is 1. The molecule has 0 amide bonds. The molecule has 6 nitrogen and oxygen atoms in total. The van der Waals surface area contributed by atoms with E-state index in [1.165, 1.54) is 18.2 Å². The van der Waals surface area contributed by atoms with Crippen LogP contribution in [0.25, 0.3) is 0 Å². The third-order valence-electron chi connectivity index (χ3n) is 6.60. The lowest BCUT2D eigenvalue weighted by Gasteiger charge is -2.50. The zero-order valence-corrected chi connectivity index (χ0v) is 20.8. The second kappa shape index (κ2) is 7.25. The molecule has 0 aromatic heterocycles. The molecule has 6 heteroatoms. The Balaban J connectivity index is 1.83. The van der Waals surface area contributed by atoms with Crippen LogP contribution in [0.3, 0.4) is 0 Å². The first-order valence-electron chi connectivity index (χ1n) is 11.7. The van der Waals surface area contributed by atoms with Crippen LogP contribution in [0.2, 0.25) is 0 Å². The van der Waals surface area contributed by atoms with Gasteiger partial charge in [-0.2, -0.15) is 0 Å². The number of rotatable bonds is 1. The van der Waals surface area contributed by atoms with E-state index in [4.69, 9.17) is 14.2 Å². The molecule has 2 aliphatic heterocycles. The lowest BCUT2D eigenvalue weighted by molar-refractivity contribution is -0.316. The third kappa shape index (κ3) is 3.39. The van der Waals surface area contributed by atoms with E-state index in [1.54, 1.807) is 24.3 Å². The van der Waals surface area contributed by atoms with Gasteiger partial charge >= 0.3 is 11.6 Å². The molecule has 0 bridgehead atoms. The number of carbonyl (C=O) groups is 1. The summed E-state index contributed by atoms with van der Waals surface area (Å²) in [6.45, 7) is 12.4. The van der Waals surface area contributed by atoms with Gasteiger partial charge in [0.2, 0.25) is 5.78 Å². The fourth-order valence-corrected chi connectivity index (χ4v) is 4.59. The molecule has 0 spiro atoms. The van der Waals surface area contributed by atoms with Crippen LogP contribution in [0.15, 0.2) is 60.7 Å². The second-order valence-electron chi connectivity index (χ2n) is 11.3. The molecule has 0 aliphatic carbocycles. The molecule has 0 unspecified atom stereocenters. The van der Waals surface area contributed by atoms with Crippen molar-refractivity contribution in [1.29, 1.82) is 0 Å². The second-order valence-corrected chi connectivity index (χ2v) is 11.3. The van der Waals surface area contributed by atoms with Crippen LogP contribution in [-0.2, 0) is 16.6 Å². The Bertz CT molecular complexity index is 1330. The summed E-state index contributed by atoms with van der Waals surface area (Å²) >= 11 is 0. The molecule has 2 N–H and O–H groups in total. The van der Waals surface area contributed by atoms with Gasteiger partial charge in [-0.05, 0) is 34.6 Å². The predicted molar refractivity (Wildman–Crippen MR) is 131 cm³/mol. The third-order valence-corrected chi connectivity index (χ3v) is 6.60. The number of ether oxygens (including phenoxy) is 3. The number of Topliss-reactive ketones (excluding diaryl/α,β-unsaturated/α-hetero) is 1. The highest BCUT2D eigenvalue weighted by molar-refractivity contribution is 6.06. The SMILES string of the molecule is CC(C)(C)c1cc2c(c(C(C)(C)C)c1)O[C@@]1(O)C(=O)c3ccc(O)cc3O[C@@]1(c1ccccc1)O2. The average Bonchev–Trinajstić information content (AvgIpc) is 2.77. The van der Waals surface area contributed by atoms with Crippen LogP contribution in [-0.4, -0.2) is 21.8 Å². The number of aromatic hydroxyl groups is 1. The summed E-state index contributed by atoms with van der Waals surface area (Å²) in [5, 5.41) is 22.1. The first-order valence-corrected chi connectivity index (χ1v) is 11.7. The number of phenolic OH excluding ortho intramolecular Hbond substituents is 1. The maximum absolute atomic E-state index is 13.8. The Kier molecular flexibility index (Phi) is 4.81. The van der Waals surface area contributed by atoms with E-state index < -0.39 is 17.4 Å².